The van der Waals surface area contributed by atoms with Gasteiger partial charge in [-0.15, -0.1) is 22.9 Å². The molecule has 1 heterocycles. The first-order valence-corrected chi connectivity index (χ1v) is 7.79. The Balaban J connectivity index is 2.43. The predicted octanol–water partition coefficient (Wildman–Crippen LogP) is 6.39. The van der Waals surface area contributed by atoms with Crippen molar-refractivity contribution in [3.63, 3.8) is 0 Å². The van der Waals surface area contributed by atoms with Gasteiger partial charge in [0.25, 0.3) is 0 Å². The Hall–Kier alpha value is 0.390. The molecule has 0 N–H and O–H groups in total. The molecular weight excluding hydrogens is 414 g/mol. The van der Waals surface area contributed by atoms with Gasteiger partial charge >= 0.3 is 0 Å². The second-order valence-corrected chi connectivity index (χ2v) is 7.32. The van der Waals surface area contributed by atoms with E-state index < -0.39 is 5.38 Å². The highest BCUT2D eigenvalue weighted by molar-refractivity contribution is 9.11. The third-order valence-corrected chi connectivity index (χ3v) is 5.40. The van der Waals surface area contributed by atoms with E-state index in [1.54, 1.807) is 6.07 Å². The molecule has 0 fully saturated rings. The maximum absolute atomic E-state index is 13.8. The zero-order chi connectivity index (χ0) is 12.6. The quantitative estimate of drug-likeness (QED) is 0.391. The van der Waals surface area contributed by atoms with E-state index in [2.05, 4.69) is 31.9 Å². The third-order valence-electron chi connectivity index (χ3n) is 2.19. The van der Waals surface area contributed by atoms with Gasteiger partial charge in [-0.3, -0.25) is 0 Å². The number of alkyl halides is 1. The summed E-state index contributed by atoms with van der Waals surface area (Å²) in [4.78, 5) is 0. The fraction of sp³-hybridized carbons (Fsp3) is 0.0909. The molecule has 90 valence electrons. The molecule has 0 bridgehead atoms. The summed E-state index contributed by atoms with van der Waals surface area (Å²) in [5, 5.41) is 1.79. The van der Waals surface area contributed by atoms with Crippen molar-refractivity contribution in [2.24, 2.45) is 0 Å². The van der Waals surface area contributed by atoms with Crippen molar-refractivity contribution in [1.82, 2.24) is 0 Å². The van der Waals surface area contributed by atoms with Crippen LogP contribution in [0, 0.1) is 5.82 Å². The second-order valence-electron chi connectivity index (χ2n) is 3.33. The first kappa shape index (κ1) is 13.8. The second kappa shape index (κ2) is 5.57. The van der Waals surface area contributed by atoms with E-state index in [-0.39, 0.29) is 5.82 Å². The summed E-state index contributed by atoms with van der Waals surface area (Å²) in [6.07, 6.45) is 0. The van der Waals surface area contributed by atoms with Gasteiger partial charge in [-0.1, -0.05) is 11.6 Å². The maximum Gasteiger partial charge on any atom is 0.129 e. The third kappa shape index (κ3) is 3.04. The minimum atomic E-state index is -0.539. The van der Waals surface area contributed by atoms with Crippen molar-refractivity contribution in [3.05, 3.63) is 53.8 Å². The van der Waals surface area contributed by atoms with Gasteiger partial charge in [-0.05, 0) is 61.0 Å². The molecule has 0 nitrogen and oxygen atoms in total. The Labute approximate surface area is 129 Å². The van der Waals surface area contributed by atoms with Crippen LogP contribution in [0.4, 0.5) is 4.39 Å². The monoisotopic (exact) mass is 416 g/mol. The van der Waals surface area contributed by atoms with Crippen LogP contribution < -0.4 is 0 Å². The molecule has 0 spiro atoms. The molecule has 6 heteroatoms. The lowest BCUT2D eigenvalue weighted by Crippen LogP contribution is -1.96. The van der Waals surface area contributed by atoms with E-state index in [0.717, 1.165) is 9.35 Å². The molecule has 0 aliphatic rings. The topological polar surface area (TPSA) is 0 Å². The van der Waals surface area contributed by atoms with Crippen LogP contribution in [0.15, 0.2) is 31.8 Å². The molecule has 2 aromatic rings. The molecule has 1 aromatic heterocycles. The molecule has 0 aliphatic carbocycles. The summed E-state index contributed by atoms with van der Waals surface area (Å²) in [5.41, 5.74) is 1.23. The lowest BCUT2D eigenvalue weighted by atomic mass is 10.1. The Bertz CT molecular complexity index is 556. The summed E-state index contributed by atoms with van der Waals surface area (Å²) >= 11 is 20.2. The van der Waals surface area contributed by atoms with Gasteiger partial charge in [0.15, 0.2) is 0 Å². The largest absolute Gasteiger partial charge is 0.207 e. The van der Waals surface area contributed by atoms with E-state index in [0.29, 0.717) is 15.1 Å². The minimum Gasteiger partial charge on any atom is -0.207 e. The van der Waals surface area contributed by atoms with Gasteiger partial charge in [0.1, 0.15) is 5.82 Å². The molecule has 1 atom stereocenters. The predicted molar refractivity (Wildman–Crippen MR) is 78.8 cm³/mol. The molecule has 17 heavy (non-hydrogen) atoms. The van der Waals surface area contributed by atoms with Gasteiger partial charge in [0.2, 0.25) is 0 Å². The van der Waals surface area contributed by atoms with Gasteiger partial charge < -0.3 is 0 Å². The highest BCUT2D eigenvalue weighted by Crippen LogP contribution is 2.37. The standard InChI is InChI=1S/C11H5Br2Cl2FS/c12-7-3-9(16)6(2-8(7)14)11(15)5-1-10(13)17-4-5/h1-4,11H. The molecule has 0 radical (unpaired) electrons. The van der Waals surface area contributed by atoms with Crippen LogP contribution in [0.2, 0.25) is 5.02 Å². The fourth-order valence-electron chi connectivity index (χ4n) is 1.37. The van der Waals surface area contributed by atoms with Crippen LogP contribution in [0.25, 0.3) is 0 Å². The summed E-state index contributed by atoms with van der Waals surface area (Å²) in [6, 6.07) is 4.75. The van der Waals surface area contributed by atoms with Crippen LogP contribution in [0.1, 0.15) is 16.5 Å². The molecular formula is C11H5Br2Cl2FS. The van der Waals surface area contributed by atoms with Crippen LogP contribution >= 0.6 is 66.4 Å². The molecule has 0 saturated heterocycles. The highest BCUT2D eigenvalue weighted by atomic mass is 79.9. The Morgan fingerprint density at radius 2 is 1.94 bits per heavy atom. The van der Waals surface area contributed by atoms with Crippen LogP contribution in [-0.2, 0) is 0 Å². The van der Waals surface area contributed by atoms with Crippen molar-refractivity contribution in [2.45, 2.75) is 5.38 Å². The van der Waals surface area contributed by atoms with Crippen molar-refractivity contribution >= 4 is 66.4 Å². The summed E-state index contributed by atoms with van der Waals surface area (Å²) in [5.74, 6) is -0.372. The SMILES string of the molecule is Fc1cc(Br)c(Cl)cc1C(Cl)c1csc(Br)c1. The van der Waals surface area contributed by atoms with E-state index >= 15 is 0 Å². The van der Waals surface area contributed by atoms with E-state index in [1.165, 1.54) is 17.4 Å². The normalized spacial score (nSPS) is 12.8. The van der Waals surface area contributed by atoms with Crippen molar-refractivity contribution in [3.8, 4) is 0 Å². The minimum absolute atomic E-state index is 0.372. The maximum atomic E-state index is 13.8. The molecule has 0 aliphatic heterocycles. The number of benzene rings is 1. The molecule has 1 aromatic carbocycles. The molecule has 0 saturated carbocycles. The van der Waals surface area contributed by atoms with Gasteiger partial charge in [0, 0.05) is 10.0 Å². The van der Waals surface area contributed by atoms with Gasteiger partial charge in [-0.2, -0.15) is 0 Å². The number of rotatable bonds is 2. The average molecular weight is 419 g/mol. The van der Waals surface area contributed by atoms with Gasteiger partial charge in [-0.25, -0.2) is 4.39 Å². The Morgan fingerprint density at radius 1 is 1.24 bits per heavy atom. The average Bonchev–Trinajstić information content (AvgIpc) is 2.69. The van der Waals surface area contributed by atoms with Crippen molar-refractivity contribution < 1.29 is 4.39 Å². The Kier molecular flexibility index (Phi) is 4.53. The van der Waals surface area contributed by atoms with Crippen molar-refractivity contribution in [2.75, 3.05) is 0 Å². The smallest absolute Gasteiger partial charge is 0.129 e. The first-order chi connectivity index (χ1) is 7.99. The summed E-state index contributed by atoms with van der Waals surface area (Å²) < 4.78 is 15.3. The van der Waals surface area contributed by atoms with E-state index in [9.17, 15) is 4.39 Å². The summed E-state index contributed by atoms with van der Waals surface area (Å²) in [6.45, 7) is 0. The molecule has 0 amide bonds. The number of hydrogen-bond donors (Lipinski definition) is 0. The zero-order valence-corrected chi connectivity index (χ0v) is 13.7. The molecule has 1 unspecified atom stereocenters. The lowest BCUT2D eigenvalue weighted by Gasteiger charge is -2.10. The Morgan fingerprint density at radius 3 is 2.53 bits per heavy atom. The lowest BCUT2D eigenvalue weighted by molar-refractivity contribution is 0.611. The summed E-state index contributed by atoms with van der Waals surface area (Å²) in [7, 11) is 0. The van der Waals surface area contributed by atoms with Crippen molar-refractivity contribution in [1.29, 1.82) is 0 Å². The number of thiophene rings is 1. The van der Waals surface area contributed by atoms with Crippen LogP contribution in [0.5, 0.6) is 0 Å². The zero-order valence-electron chi connectivity index (χ0n) is 8.18. The number of halogens is 5. The number of hydrogen-bond acceptors (Lipinski definition) is 1. The highest BCUT2D eigenvalue weighted by Gasteiger charge is 2.18. The fourth-order valence-corrected chi connectivity index (χ4v) is 3.43. The molecule has 2 rings (SSSR count). The van der Waals surface area contributed by atoms with Gasteiger partial charge in [0.05, 0.1) is 14.2 Å². The van der Waals surface area contributed by atoms with Crippen LogP contribution in [0.3, 0.4) is 0 Å². The van der Waals surface area contributed by atoms with E-state index in [4.69, 9.17) is 23.2 Å². The van der Waals surface area contributed by atoms with Crippen LogP contribution in [-0.4, -0.2) is 0 Å². The first-order valence-electron chi connectivity index (χ1n) is 4.51. The van der Waals surface area contributed by atoms with E-state index in [1.807, 2.05) is 11.4 Å².